The van der Waals surface area contributed by atoms with E-state index in [1.807, 2.05) is 0 Å². The Balaban J connectivity index is 1.95. The SMILES string of the molecule is CC1(C)[C@@H](N(O)C(=O)Nc2ccccc2)N(c2ccccc2)C(=O)N1CCC(=O)[O-]. The van der Waals surface area contributed by atoms with Gasteiger partial charge < -0.3 is 20.1 Å². The van der Waals surface area contributed by atoms with Crippen molar-refractivity contribution >= 4 is 29.4 Å². The van der Waals surface area contributed by atoms with Gasteiger partial charge in [0.25, 0.3) is 0 Å². The van der Waals surface area contributed by atoms with Crippen LogP contribution < -0.4 is 15.3 Å². The van der Waals surface area contributed by atoms with Crippen molar-refractivity contribution in [3.05, 3.63) is 60.7 Å². The second-order valence-electron chi connectivity index (χ2n) is 7.43. The summed E-state index contributed by atoms with van der Waals surface area (Å²) < 4.78 is 0. The first kappa shape index (κ1) is 21.1. The number of amides is 4. The summed E-state index contributed by atoms with van der Waals surface area (Å²) in [5.74, 6) is -1.30. The van der Waals surface area contributed by atoms with Gasteiger partial charge in [0, 0.05) is 30.3 Å². The largest absolute Gasteiger partial charge is 0.550 e. The van der Waals surface area contributed by atoms with E-state index >= 15 is 0 Å². The Labute approximate surface area is 174 Å². The van der Waals surface area contributed by atoms with Crippen molar-refractivity contribution in [2.45, 2.75) is 32.0 Å². The van der Waals surface area contributed by atoms with Gasteiger partial charge >= 0.3 is 12.1 Å². The molecule has 0 unspecified atom stereocenters. The zero-order chi connectivity index (χ0) is 21.9. The maximum Gasteiger partial charge on any atom is 0.347 e. The van der Waals surface area contributed by atoms with Gasteiger partial charge in [-0.05, 0) is 38.1 Å². The van der Waals surface area contributed by atoms with Crippen molar-refractivity contribution in [2.75, 3.05) is 16.8 Å². The molecule has 4 amide bonds. The van der Waals surface area contributed by atoms with Crippen molar-refractivity contribution < 1.29 is 24.7 Å². The summed E-state index contributed by atoms with van der Waals surface area (Å²) in [6.45, 7) is 3.20. The van der Waals surface area contributed by atoms with Gasteiger partial charge in [0.15, 0.2) is 6.17 Å². The zero-order valence-electron chi connectivity index (χ0n) is 16.7. The summed E-state index contributed by atoms with van der Waals surface area (Å²) in [4.78, 5) is 39.5. The highest BCUT2D eigenvalue weighted by molar-refractivity contribution is 5.98. The summed E-state index contributed by atoms with van der Waals surface area (Å²) in [5.41, 5.74) is -0.169. The average molecular weight is 411 g/mol. The molecular weight excluding hydrogens is 388 g/mol. The minimum atomic E-state index is -1.30. The van der Waals surface area contributed by atoms with Crippen LogP contribution in [0.2, 0.25) is 0 Å². The molecule has 1 atom stereocenters. The summed E-state index contributed by atoms with van der Waals surface area (Å²) in [7, 11) is 0. The van der Waals surface area contributed by atoms with Gasteiger partial charge in [-0.3, -0.25) is 10.1 Å². The third kappa shape index (κ3) is 4.06. The number of anilines is 2. The molecule has 9 heteroatoms. The Morgan fingerprint density at radius 1 is 1.10 bits per heavy atom. The number of hydroxylamine groups is 2. The molecule has 0 saturated carbocycles. The predicted molar refractivity (Wildman–Crippen MR) is 108 cm³/mol. The van der Waals surface area contributed by atoms with E-state index in [9.17, 15) is 24.7 Å². The smallest absolute Gasteiger partial charge is 0.347 e. The van der Waals surface area contributed by atoms with Crippen LogP contribution in [0, 0.1) is 0 Å². The first-order valence-electron chi connectivity index (χ1n) is 9.43. The second kappa shape index (κ2) is 8.42. The van der Waals surface area contributed by atoms with E-state index < -0.39 is 29.7 Å². The topological polar surface area (TPSA) is 116 Å². The van der Waals surface area contributed by atoms with Crippen molar-refractivity contribution in [3.63, 3.8) is 0 Å². The summed E-state index contributed by atoms with van der Waals surface area (Å²) in [6.07, 6.45) is -1.48. The van der Waals surface area contributed by atoms with Gasteiger partial charge in [-0.15, -0.1) is 0 Å². The highest BCUT2D eigenvalue weighted by atomic mass is 16.5. The highest BCUT2D eigenvalue weighted by Crippen LogP contribution is 2.37. The van der Waals surface area contributed by atoms with Gasteiger partial charge in [0.2, 0.25) is 0 Å². The number of para-hydroxylation sites is 2. The molecule has 1 aliphatic heterocycles. The van der Waals surface area contributed by atoms with E-state index in [2.05, 4.69) is 5.32 Å². The number of nitrogens with zero attached hydrogens (tertiary/aromatic N) is 3. The van der Waals surface area contributed by atoms with Crippen LogP contribution in [0.1, 0.15) is 20.3 Å². The van der Waals surface area contributed by atoms with E-state index in [1.54, 1.807) is 74.5 Å². The van der Waals surface area contributed by atoms with Gasteiger partial charge in [0.05, 0.1) is 5.54 Å². The number of carbonyl (C=O) groups is 3. The molecule has 158 valence electrons. The molecule has 0 radical (unpaired) electrons. The number of nitrogens with one attached hydrogen (secondary N) is 1. The lowest BCUT2D eigenvalue weighted by molar-refractivity contribution is -0.305. The fourth-order valence-electron chi connectivity index (χ4n) is 3.59. The molecule has 1 heterocycles. The normalized spacial score (nSPS) is 17.7. The number of benzene rings is 2. The van der Waals surface area contributed by atoms with Crippen LogP contribution in [0.25, 0.3) is 0 Å². The maximum atomic E-state index is 13.2. The number of urea groups is 2. The number of aliphatic carboxylic acids is 1. The highest BCUT2D eigenvalue weighted by Gasteiger charge is 2.55. The first-order valence-corrected chi connectivity index (χ1v) is 9.43. The molecule has 0 bridgehead atoms. The fourth-order valence-corrected chi connectivity index (χ4v) is 3.59. The summed E-state index contributed by atoms with van der Waals surface area (Å²) in [5, 5.41) is 24.9. The molecular formula is C21H23N4O5-. The molecule has 1 saturated heterocycles. The standard InChI is InChI=1S/C21H24N4O5/c1-21(2)18(25(30)19(28)22-15-9-5-3-6-10-15)24(16-11-7-4-8-12-16)20(29)23(21)14-13-17(26)27/h3-12,18,30H,13-14H2,1-2H3,(H,22,28)(H,26,27)/p-1/t18-/m1/s1. The maximum absolute atomic E-state index is 13.2. The minimum Gasteiger partial charge on any atom is -0.550 e. The lowest BCUT2D eigenvalue weighted by Crippen LogP contribution is -2.58. The Hall–Kier alpha value is -3.59. The molecule has 1 aliphatic rings. The number of carboxylic acids is 1. The Kier molecular flexibility index (Phi) is 5.93. The molecule has 0 aliphatic carbocycles. The van der Waals surface area contributed by atoms with Crippen molar-refractivity contribution in [3.8, 4) is 0 Å². The number of hydrogen-bond donors (Lipinski definition) is 2. The van der Waals surface area contributed by atoms with Crippen LogP contribution in [0.5, 0.6) is 0 Å². The number of hydrogen-bond acceptors (Lipinski definition) is 5. The van der Waals surface area contributed by atoms with Crippen LogP contribution in [0.15, 0.2) is 60.7 Å². The van der Waals surface area contributed by atoms with Gasteiger partial charge in [-0.25, -0.2) is 9.59 Å². The van der Waals surface area contributed by atoms with E-state index in [1.165, 1.54) is 9.80 Å². The second-order valence-corrected chi connectivity index (χ2v) is 7.43. The van der Waals surface area contributed by atoms with Crippen molar-refractivity contribution in [1.29, 1.82) is 0 Å². The van der Waals surface area contributed by atoms with Crippen molar-refractivity contribution in [1.82, 2.24) is 9.96 Å². The lowest BCUT2D eigenvalue weighted by atomic mass is 9.99. The number of carbonyl (C=O) groups excluding carboxylic acids is 3. The van der Waals surface area contributed by atoms with E-state index in [-0.39, 0.29) is 13.0 Å². The minimum absolute atomic E-state index is 0.123. The Morgan fingerprint density at radius 2 is 1.67 bits per heavy atom. The molecule has 30 heavy (non-hydrogen) atoms. The summed E-state index contributed by atoms with van der Waals surface area (Å²) >= 11 is 0. The molecule has 9 nitrogen and oxygen atoms in total. The first-order chi connectivity index (χ1) is 14.2. The molecule has 2 aromatic rings. The van der Waals surface area contributed by atoms with Gasteiger partial charge in [-0.2, -0.15) is 5.06 Å². The Bertz CT molecular complexity index is 920. The molecule has 3 rings (SSSR count). The predicted octanol–water partition coefficient (Wildman–Crippen LogP) is 2.10. The van der Waals surface area contributed by atoms with E-state index in [0.29, 0.717) is 16.4 Å². The molecule has 0 spiro atoms. The van der Waals surface area contributed by atoms with Crippen LogP contribution in [0.3, 0.4) is 0 Å². The molecule has 1 fully saturated rings. The van der Waals surface area contributed by atoms with Crippen LogP contribution in [-0.4, -0.2) is 51.5 Å². The quantitative estimate of drug-likeness (QED) is 0.558. The average Bonchev–Trinajstić information content (AvgIpc) is 2.92. The molecule has 2 aromatic carbocycles. The third-order valence-electron chi connectivity index (χ3n) is 5.05. The number of rotatable bonds is 6. The monoisotopic (exact) mass is 411 g/mol. The lowest BCUT2D eigenvalue weighted by Gasteiger charge is -2.38. The number of carboxylic acid groups (broad SMARTS) is 1. The van der Waals surface area contributed by atoms with Crippen LogP contribution in [-0.2, 0) is 4.79 Å². The van der Waals surface area contributed by atoms with Crippen LogP contribution in [0.4, 0.5) is 21.0 Å². The van der Waals surface area contributed by atoms with E-state index in [0.717, 1.165) is 0 Å². The molecule has 0 aromatic heterocycles. The fraction of sp³-hybridized carbons (Fsp3) is 0.286. The summed E-state index contributed by atoms with van der Waals surface area (Å²) in [6, 6.07) is 15.8. The van der Waals surface area contributed by atoms with Crippen molar-refractivity contribution in [2.24, 2.45) is 0 Å². The van der Waals surface area contributed by atoms with Gasteiger partial charge in [0.1, 0.15) is 0 Å². The molecule has 2 N–H and O–H groups in total. The van der Waals surface area contributed by atoms with E-state index in [4.69, 9.17) is 0 Å². The Morgan fingerprint density at radius 3 is 2.23 bits per heavy atom. The van der Waals surface area contributed by atoms with Gasteiger partial charge in [-0.1, -0.05) is 36.4 Å². The third-order valence-corrected chi connectivity index (χ3v) is 5.05. The van der Waals surface area contributed by atoms with Crippen LogP contribution >= 0.6 is 0 Å². The zero-order valence-corrected chi connectivity index (χ0v) is 16.7.